The van der Waals surface area contributed by atoms with Gasteiger partial charge in [0.15, 0.2) is 11.6 Å². The van der Waals surface area contributed by atoms with Crippen LogP contribution in [0.2, 0.25) is 0 Å². The van der Waals surface area contributed by atoms with Gasteiger partial charge in [-0.2, -0.15) is 4.31 Å². The molecule has 0 spiro atoms. The van der Waals surface area contributed by atoms with E-state index in [1.165, 1.54) is 15.6 Å². The lowest BCUT2D eigenvalue weighted by Gasteiger charge is -2.30. The predicted octanol–water partition coefficient (Wildman–Crippen LogP) is 2.98. The molecular weight excluding hydrogens is 410 g/mol. The molecule has 0 atom stereocenters. The van der Waals surface area contributed by atoms with E-state index in [0.29, 0.717) is 24.0 Å². The zero-order valence-electron chi connectivity index (χ0n) is 15.4. The van der Waals surface area contributed by atoms with E-state index in [0.717, 1.165) is 17.1 Å². The highest BCUT2D eigenvalue weighted by Gasteiger charge is 2.32. The summed E-state index contributed by atoms with van der Waals surface area (Å²) in [6.07, 6.45) is 0.648. The minimum atomic E-state index is -3.94. The summed E-state index contributed by atoms with van der Waals surface area (Å²) in [6.45, 7) is 4.20. The van der Waals surface area contributed by atoms with Gasteiger partial charge < -0.3 is 5.32 Å². The fraction of sp³-hybridized carbons (Fsp3) is 0.471. The molecule has 11 heteroatoms. The van der Waals surface area contributed by atoms with Gasteiger partial charge in [0.05, 0.1) is 4.90 Å². The van der Waals surface area contributed by atoms with Gasteiger partial charge in [-0.15, -0.1) is 10.2 Å². The van der Waals surface area contributed by atoms with Gasteiger partial charge in [0.25, 0.3) is 0 Å². The number of sulfonamides is 1. The minimum Gasteiger partial charge on any atom is -0.300 e. The van der Waals surface area contributed by atoms with E-state index in [9.17, 15) is 22.0 Å². The van der Waals surface area contributed by atoms with E-state index in [4.69, 9.17) is 0 Å². The number of carbonyl (C=O) groups excluding carboxylic acids is 1. The van der Waals surface area contributed by atoms with Crippen molar-refractivity contribution in [1.29, 1.82) is 0 Å². The Kier molecular flexibility index (Phi) is 6.06. The Balaban J connectivity index is 1.61. The third-order valence-electron chi connectivity index (χ3n) is 4.52. The second-order valence-electron chi connectivity index (χ2n) is 6.84. The largest absolute Gasteiger partial charge is 0.300 e. The number of hydrogen-bond acceptors (Lipinski definition) is 6. The van der Waals surface area contributed by atoms with Crippen molar-refractivity contribution >= 4 is 32.4 Å². The number of halogens is 2. The van der Waals surface area contributed by atoms with Crippen molar-refractivity contribution in [3.05, 3.63) is 34.8 Å². The molecule has 7 nitrogen and oxygen atoms in total. The van der Waals surface area contributed by atoms with Crippen LogP contribution in [-0.4, -0.2) is 41.9 Å². The van der Waals surface area contributed by atoms with Crippen molar-refractivity contribution < 1.29 is 22.0 Å². The molecule has 0 saturated carbocycles. The van der Waals surface area contributed by atoms with E-state index in [2.05, 4.69) is 15.5 Å². The number of nitrogens with zero attached hydrogens (tertiary/aromatic N) is 3. The van der Waals surface area contributed by atoms with Gasteiger partial charge in [-0.25, -0.2) is 17.2 Å². The van der Waals surface area contributed by atoms with Gasteiger partial charge in [0.2, 0.25) is 21.1 Å². The number of anilines is 1. The number of nitrogens with one attached hydrogen (secondary N) is 1. The molecular formula is C17H20F2N4O3S2. The van der Waals surface area contributed by atoms with Crippen molar-refractivity contribution in [2.75, 3.05) is 18.4 Å². The Hall–Kier alpha value is -1.98. The summed E-state index contributed by atoms with van der Waals surface area (Å²) in [5.74, 6) is -2.69. The van der Waals surface area contributed by atoms with Crippen LogP contribution in [0.25, 0.3) is 0 Å². The number of amides is 1. The summed E-state index contributed by atoms with van der Waals surface area (Å²) in [7, 11) is -3.94. The van der Waals surface area contributed by atoms with E-state index in [1.54, 1.807) is 0 Å². The van der Waals surface area contributed by atoms with E-state index in [-0.39, 0.29) is 35.7 Å². The maximum Gasteiger partial charge on any atom is 0.243 e. The van der Waals surface area contributed by atoms with E-state index < -0.39 is 21.7 Å². The van der Waals surface area contributed by atoms with E-state index in [1.807, 2.05) is 13.8 Å². The van der Waals surface area contributed by atoms with Crippen LogP contribution in [0.3, 0.4) is 0 Å². The van der Waals surface area contributed by atoms with Crippen LogP contribution in [0.4, 0.5) is 13.9 Å². The van der Waals surface area contributed by atoms with Crippen molar-refractivity contribution in [1.82, 2.24) is 14.5 Å². The lowest BCUT2D eigenvalue weighted by Crippen LogP contribution is -2.41. The fourth-order valence-electron chi connectivity index (χ4n) is 2.87. The molecule has 1 N–H and O–H groups in total. The highest BCUT2D eigenvalue weighted by molar-refractivity contribution is 7.89. The standard InChI is InChI=1S/C17H20F2N4O3S2/c1-10(2)16-21-22-17(27-16)20-15(24)11-5-7-23(8-6-11)28(25,26)12-3-4-13(18)14(19)9-12/h3-4,9-11H,5-8H2,1-2H3,(H,20,22,24). The van der Waals surface area contributed by atoms with Crippen molar-refractivity contribution in [3.63, 3.8) is 0 Å². The molecule has 0 bridgehead atoms. The number of rotatable bonds is 5. The summed E-state index contributed by atoms with van der Waals surface area (Å²) >= 11 is 1.31. The van der Waals surface area contributed by atoms with Crippen molar-refractivity contribution in [2.24, 2.45) is 5.92 Å². The molecule has 3 rings (SSSR count). The van der Waals surface area contributed by atoms with Gasteiger partial charge in [-0.3, -0.25) is 4.79 Å². The molecule has 0 radical (unpaired) electrons. The van der Waals surface area contributed by atoms with Crippen LogP contribution in [-0.2, 0) is 14.8 Å². The van der Waals surface area contributed by atoms with Gasteiger partial charge in [-0.1, -0.05) is 25.2 Å². The molecule has 1 amide bonds. The molecule has 152 valence electrons. The summed E-state index contributed by atoms with van der Waals surface area (Å²) < 4.78 is 52.8. The van der Waals surface area contributed by atoms with Crippen LogP contribution in [0.15, 0.2) is 23.1 Å². The molecule has 1 aromatic carbocycles. The monoisotopic (exact) mass is 430 g/mol. The first-order valence-corrected chi connectivity index (χ1v) is 11.0. The summed E-state index contributed by atoms with van der Waals surface area (Å²) in [5.41, 5.74) is 0. The normalized spacial score (nSPS) is 16.5. The Morgan fingerprint density at radius 1 is 1.21 bits per heavy atom. The second kappa shape index (κ2) is 8.18. The SMILES string of the molecule is CC(C)c1nnc(NC(=O)C2CCN(S(=O)(=O)c3ccc(F)c(F)c3)CC2)s1. The first-order chi connectivity index (χ1) is 13.2. The van der Waals surface area contributed by atoms with Crippen LogP contribution in [0, 0.1) is 17.6 Å². The molecule has 1 aliphatic heterocycles. The van der Waals surface area contributed by atoms with Gasteiger partial charge in [0, 0.05) is 24.9 Å². The minimum absolute atomic E-state index is 0.118. The maximum atomic E-state index is 13.4. The average Bonchev–Trinajstić information content (AvgIpc) is 3.13. The quantitative estimate of drug-likeness (QED) is 0.787. The zero-order chi connectivity index (χ0) is 20.5. The number of benzene rings is 1. The molecule has 28 heavy (non-hydrogen) atoms. The number of piperidine rings is 1. The van der Waals surface area contributed by atoms with Gasteiger partial charge >= 0.3 is 0 Å². The van der Waals surface area contributed by atoms with Crippen LogP contribution >= 0.6 is 11.3 Å². The van der Waals surface area contributed by atoms with Crippen LogP contribution in [0.5, 0.6) is 0 Å². The molecule has 0 aliphatic carbocycles. The zero-order valence-corrected chi connectivity index (χ0v) is 17.0. The molecule has 1 aliphatic rings. The summed E-state index contributed by atoms with van der Waals surface area (Å²) in [4.78, 5) is 12.1. The molecule has 2 aromatic rings. The Labute approximate surface area is 165 Å². The summed E-state index contributed by atoms with van der Waals surface area (Å²) in [6, 6.07) is 2.50. The molecule has 1 saturated heterocycles. The maximum absolute atomic E-state index is 13.4. The first-order valence-electron chi connectivity index (χ1n) is 8.78. The molecule has 2 heterocycles. The average molecular weight is 431 g/mol. The second-order valence-corrected chi connectivity index (χ2v) is 9.79. The third-order valence-corrected chi connectivity index (χ3v) is 7.55. The first kappa shape index (κ1) is 20.7. The molecule has 1 aromatic heterocycles. The predicted molar refractivity (Wildman–Crippen MR) is 100 cm³/mol. The Bertz CT molecular complexity index is 971. The van der Waals surface area contributed by atoms with Gasteiger partial charge in [-0.05, 0) is 31.0 Å². The third kappa shape index (κ3) is 4.36. The Morgan fingerprint density at radius 2 is 1.89 bits per heavy atom. The smallest absolute Gasteiger partial charge is 0.243 e. The van der Waals surface area contributed by atoms with Crippen molar-refractivity contribution in [2.45, 2.75) is 37.5 Å². The molecule has 0 unspecified atom stereocenters. The van der Waals surface area contributed by atoms with Crippen LogP contribution < -0.4 is 5.32 Å². The Morgan fingerprint density at radius 3 is 2.46 bits per heavy atom. The van der Waals surface area contributed by atoms with E-state index >= 15 is 0 Å². The number of hydrogen-bond donors (Lipinski definition) is 1. The topological polar surface area (TPSA) is 92.3 Å². The van der Waals surface area contributed by atoms with Gasteiger partial charge in [0.1, 0.15) is 5.01 Å². The number of aromatic nitrogens is 2. The molecule has 1 fully saturated rings. The highest BCUT2D eigenvalue weighted by Crippen LogP contribution is 2.27. The van der Waals surface area contributed by atoms with Crippen LogP contribution in [0.1, 0.15) is 37.6 Å². The summed E-state index contributed by atoms with van der Waals surface area (Å²) in [5, 5.41) is 11.9. The highest BCUT2D eigenvalue weighted by atomic mass is 32.2. The fourth-order valence-corrected chi connectivity index (χ4v) is 5.10. The van der Waals surface area contributed by atoms with Crippen molar-refractivity contribution in [3.8, 4) is 0 Å². The lowest BCUT2D eigenvalue weighted by molar-refractivity contribution is -0.120. The number of carbonyl (C=O) groups is 1. The lowest BCUT2D eigenvalue weighted by atomic mass is 9.97.